The first-order valence-corrected chi connectivity index (χ1v) is 7.99. The molecule has 4 N–H and O–H groups in total. The molecule has 1 amide bonds. The summed E-state index contributed by atoms with van der Waals surface area (Å²) < 4.78 is 25.3. The molecule has 0 saturated heterocycles. The van der Waals surface area contributed by atoms with Crippen molar-refractivity contribution in [3.05, 3.63) is 24.3 Å². The molecule has 1 aromatic rings. The van der Waals surface area contributed by atoms with Crippen molar-refractivity contribution in [1.29, 1.82) is 0 Å². The zero-order chi connectivity index (χ0) is 15.2. The minimum atomic E-state index is -3.46. The van der Waals surface area contributed by atoms with E-state index in [-0.39, 0.29) is 10.8 Å². The van der Waals surface area contributed by atoms with E-state index >= 15 is 0 Å². The molecule has 0 saturated carbocycles. The third-order valence-electron chi connectivity index (χ3n) is 2.91. The minimum absolute atomic E-state index is 0.147. The van der Waals surface area contributed by atoms with Crippen molar-refractivity contribution in [2.45, 2.75) is 37.1 Å². The highest BCUT2D eigenvalue weighted by Gasteiger charge is 2.14. The molecule has 7 heteroatoms. The van der Waals surface area contributed by atoms with Gasteiger partial charge in [0.2, 0.25) is 15.9 Å². The number of benzene rings is 1. The van der Waals surface area contributed by atoms with Gasteiger partial charge in [-0.2, -0.15) is 0 Å². The van der Waals surface area contributed by atoms with Gasteiger partial charge in [-0.3, -0.25) is 4.79 Å². The smallest absolute Gasteiger partial charge is 0.241 e. The van der Waals surface area contributed by atoms with Crippen LogP contribution in [-0.4, -0.2) is 27.4 Å². The predicted molar refractivity (Wildman–Crippen MR) is 78.8 cm³/mol. The fraction of sp³-hybridized carbons (Fsp3) is 0.462. The number of sulfonamides is 1. The lowest BCUT2D eigenvalue weighted by Crippen LogP contribution is -2.35. The Balaban J connectivity index is 2.68. The lowest BCUT2D eigenvalue weighted by atomic mass is 10.1. The minimum Gasteiger partial charge on any atom is -0.325 e. The second kappa shape index (κ2) is 7.37. The molecule has 0 aliphatic carbocycles. The number of nitrogens with one attached hydrogen (secondary N) is 2. The molecular weight excluding hydrogens is 278 g/mol. The summed E-state index contributed by atoms with van der Waals surface area (Å²) in [7, 11) is -2.11. The summed E-state index contributed by atoms with van der Waals surface area (Å²) >= 11 is 0. The maximum atomic E-state index is 11.8. The van der Waals surface area contributed by atoms with Gasteiger partial charge in [0.25, 0.3) is 0 Å². The lowest BCUT2D eigenvalue weighted by molar-refractivity contribution is -0.117. The molecule has 1 aromatic carbocycles. The fourth-order valence-electron chi connectivity index (χ4n) is 1.63. The molecule has 112 valence electrons. The highest BCUT2D eigenvalue weighted by molar-refractivity contribution is 7.89. The highest BCUT2D eigenvalue weighted by Crippen LogP contribution is 2.14. The van der Waals surface area contributed by atoms with E-state index < -0.39 is 16.1 Å². The van der Waals surface area contributed by atoms with Gasteiger partial charge in [-0.1, -0.05) is 19.8 Å². The summed E-state index contributed by atoms with van der Waals surface area (Å²) in [6, 6.07) is 5.39. The van der Waals surface area contributed by atoms with E-state index in [2.05, 4.69) is 10.0 Å². The number of amides is 1. The number of carbonyl (C=O) groups is 1. The van der Waals surface area contributed by atoms with Crippen molar-refractivity contribution in [3.63, 3.8) is 0 Å². The quantitative estimate of drug-likeness (QED) is 0.700. The van der Waals surface area contributed by atoms with Crippen LogP contribution in [0.1, 0.15) is 26.2 Å². The maximum absolute atomic E-state index is 11.8. The molecule has 0 spiro atoms. The van der Waals surface area contributed by atoms with Crippen molar-refractivity contribution in [2.24, 2.45) is 5.73 Å². The molecule has 0 aliphatic heterocycles. The first kappa shape index (κ1) is 16.6. The number of unbranched alkanes of at least 4 members (excludes halogenated alkanes) is 1. The van der Waals surface area contributed by atoms with Crippen molar-refractivity contribution < 1.29 is 13.2 Å². The second-order valence-corrected chi connectivity index (χ2v) is 6.36. The molecule has 0 heterocycles. The molecule has 0 radical (unpaired) electrons. The van der Waals surface area contributed by atoms with Crippen molar-refractivity contribution in [3.8, 4) is 0 Å². The Labute approximate surface area is 119 Å². The Morgan fingerprint density at radius 3 is 2.40 bits per heavy atom. The van der Waals surface area contributed by atoms with Crippen LogP contribution in [0.4, 0.5) is 5.69 Å². The average Bonchev–Trinajstić information content (AvgIpc) is 2.45. The summed E-state index contributed by atoms with van der Waals surface area (Å²) in [5.74, 6) is -0.261. The van der Waals surface area contributed by atoms with Gasteiger partial charge in [-0.25, -0.2) is 13.1 Å². The molecule has 6 nitrogen and oxygen atoms in total. The van der Waals surface area contributed by atoms with Crippen molar-refractivity contribution >= 4 is 21.6 Å². The van der Waals surface area contributed by atoms with Gasteiger partial charge in [-0.15, -0.1) is 0 Å². The molecular formula is C13H21N3O3S. The van der Waals surface area contributed by atoms with E-state index in [1.165, 1.54) is 31.3 Å². The van der Waals surface area contributed by atoms with E-state index in [9.17, 15) is 13.2 Å². The summed E-state index contributed by atoms with van der Waals surface area (Å²) in [6.07, 6.45) is 2.51. The second-order valence-electron chi connectivity index (χ2n) is 4.47. The van der Waals surface area contributed by atoms with Gasteiger partial charge < -0.3 is 11.1 Å². The molecule has 0 unspecified atom stereocenters. The Hall–Kier alpha value is -1.44. The van der Waals surface area contributed by atoms with E-state index in [1.54, 1.807) is 0 Å². The van der Waals surface area contributed by atoms with Gasteiger partial charge in [0, 0.05) is 5.69 Å². The Morgan fingerprint density at radius 1 is 1.30 bits per heavy atom. The Kier molecular flexibility index (Phi) is 6.12. The summed E-state index contributed by atoms with van der Waals surface area (Å²) in [5, 5.41) is 2.67. The Bertz CT molecular complexity index is 540. The van der Waals surface area contributed by atoms with Gasteiger partial charge in [-0.05, 0) is 37.7 Å². The van der Waals surface area contributed by atoms with E-state index in [0.717, 1.165) is 12.8 Å². The molecule has 0 bridgehead atoms. The topological polar surface area (TPSA) is 101 Å². The number of hydrogen-bond donors (Lipinski definition) is 3. The van der Waals surface area contributed by atoms with Gasteiger partial charge >= 0.3 is 0 Å². The van der Waals surface area contributed by atoms with E-state index in [0.29, 0.717) is 12.1 Å². The zero-order valence-electron chi connectivity index (χ0n) is 11.7. The third kappa shape index (κ3) is 4.59. The number of hydrogen-bond acceptors (Lipinski definition) is 4. The van der Waals surface area contributed by atoms with Crippen molar-refractivity contribution in [1.82, 2.24) is 4.72 Å². The van der Waals surface area contributed by atoms with Crippen LogP contribution in [0.5, 0.6) is 0 Å². The molecule has 1 rings (SSSR count). The molecule has 0 aromatic heterocycles. The van der Waals surface area contributed by atoms with Gasteiger partial charge in [0.05, 0.1) is 10.9 Å². The predicted octanol–water partition coefficient (Wildman–Crippen LogP) is 1.05. The number of rotatable bonds is 7. The van der Waals surface area contributed by atoms with Crippen LogP contribution in [0.15, 0.2) is 29.2 Å². The van der Waals surface area contributed by atoms with Crippen LogP contribution in [0.3, 0.4) is 0 Å². The van der Waals surface area contributed by atoms with Crippen LogP contribution >= 0.6 is 0 Å². The summed E-state index contributed by atoms with van der Waals surface area (Å²) in [4.78, 5) is 11.9. The normalized spacial score (nSPS) is 12.9. The van der Waals surface area contributed by atoms with Crippen LogP contribution in [0.2, 0.25) is 0 Å². The van der Waals surface area contributed by atoms with Crippen LogP contribution in [-0.2, 0) is 14.8 Å². The standard InChI is InChI=1S/C13H21N3O3S/c1-3-4-5-12(14)13(17)16-10-6-8-11(9-7-10)20(18,19)15-2/h6-9,12,15H,3-5,14H2,1-2H3,(H,16,17)/t12-/m0/s1. The average molecular weight is 299 g/mol. The Morgan fingerprint density at radius 2 is 1.90 bits per heavy atom. The fourth-order valence-corrected chi connectivity index (χ4v) is 2.36. The SMILES string of the molecule is CCCC[C@H](N)C(=O)Nc1ccc(S(=O)(=O)NC)cc1. The summed E-state index contributed by atoms with van der Waals surface area (Å²) in [5.41, 5.74) is 6.28. The molecule has 20 heavy (non-hydrogen) atoms. The van der Waals surface area contributed by atoms with Gasteiger partial charge in [0.15, 0.2) is 0 Å². The highest BCUT2D eigenvalue weighted by atomic mass is 32.2. The van der Waals surface area contributed by atoms with Gasteiger partial charge in [0.1, 0.15) is 0 Å². The maximum Gasteiger partial charge on any atom is 0.241 e. The first-order chi connectivity index (χ1) is 9.40. The molecule has 1 atom stereocenters. The van der Waals surface area contributed by atoms with E-state index in [1.807, 2.05) is 6.92 Å². The third-order valence-corrected chi connectivity index (χ3v) is 4.34. The number of anilines is 1. The van der Waals surface area contributed by atoms with Crippen molar-refractivity contribution in [2.75, 3.05) is 12.4 Å². The molecule has 0 fully saturated rings. The summed E-state index contributed by atoms with van der Waals surface area (Å²) in [6.45, 7) is 2.03. The van der Waals surface area contributed by atoms with Crippen LogP contribution < -0.4 is 15.8 Å². The van der Waals surface area contributed by atoms with E-state index in [4.69, 9.17) is 5.73 Å². The van der Waals surface area contributed by atoms with Crippen LogP contribution in [0.25, 0.3) is 0 Å². The molecule has 0 aliphatic rings. The zero-order valence-corrected chi connectivity index (χ0v) is 12.5. The first-order valence-electron chi connectivity index (χ1n) is 6.50. The lowest BCUT2D eigenvalue weighted by Gasteiger charge is -2.12. The number of nitrogens with two attached hydrogens (primary N) is 1. The van der Waals surface area contributed by atoms with Crippen LogP contribution in [0, 0.1) is 0 Å². The monoisotopic (exact) mass is 299 g/mol. The largest absolute Gasteiger partial charge is 0.325 e. The number of carbonyl (C=O) groups excluding carboxylic acids is 1.